The zero-order chi connectivity index (χ0) is 22.3. The molecule has 0 aromatic heterocycles. The monoisotopic (exact) mass is 410 g/mol. The van der Waals surface area contributed by atoms with Crippen LogP contribution in [-0.2, 0) is 19.7 Å². The first-order valence-corrected chi connectivity index (χ1v) is 9.51. The van der Waals surface area contributed by atoms with E-state index < -0.39 is 24.4 Å². The lowest BCUT2D eigenvalue weighted by Gasteiger charge is -2.19. The number of amides is 2. The van der Waals surface area contributed by atoms with E-state index >= 15 is 0 Å². The first kappa shape index (κ1) is 22.8. The molecule has 0 heterocycles. The maximum Gasteiger partial charge on any atom is 0.325 e. The molecule has 2 aromatic rings. The zero-order valence-corrected chi connectivity index (χ0v) is 17.6. The lowest BCUT2D eigenvalue weighted by atomic mass is 9.87. The number of hydrogen-bond donors (Lipinski definition) is 2. The highest BCUT2D eigenvalue weighted by atomic mass is 16.5. The molecule has 158 valence electrons. The van der Waals surface area contributed by atoms with Gasteiger partial charge in [0.2, 0.25) is 0 Å². The van der Waals surface area contributed by atoms with Gasteiger partial charge >= 0.3 is 5.97 Å². The first-order chi connectivity index (χ1) is 14.1. The second-order valence-electron chi connectivity index (χ2n) is 7.85. The van der Waals surface area contributed by atoms with Crippen LogP contribution in [0.3, 0.4) is 0 Å². The SMILES string of the molecule is CC(=O)c1ccc(NC(=O)COC(=O)CNC(=O)c2ccc(C(C)(C)C)cc2)cc1. The van der Waals surface area contributed by atoms with Crippen molar-refractivity contribution in [3.63, 3.8) is 0 Å². The predicted molar refractivity (Wildman–Crippen MR) is 114 cm³/mol. The Balaban J connectivity index is 1.75. The van der Waals surface area contributed by atoms with Crippen molar-refractivity contribution in [2.24, 2.45) is 0 Å². The Hall–Kier alpha value is -3.48. The van der Waals surface area contributed by atoms with Crippen molar-refractivity contribution in [2.45, 2.75) is 33.1 Å². The summed E-state index contributed by atoms with van der Waals surface area (Å²) in [4.78, 5) is 47.0. The summed E-state index contributed by atoms with van der Waals surface area (Å²) in [6, 6.07) is 13.5. The van der Waals surface area contributed by atoms with Crippen LogP contribution in [0, 0.1) is 0 Å². The topological polar surface area (TPSA) is 102 Å². The van der Waals surface area contributed by atoms with Gasteiger partial charge in [-0.25, -0.2) is 0 Å². The van der Waals surface area contributed by atoms with E-state index in [4.69, 9.17) is 4.74 Å². The average molecular weight is 410 g/mol. The molecule has 2 aromatic carbocycles. The highest BCUT2D eigenvalue weighted by molar-refractivity contribution is 5.97. The van der Waals surface area contributed by atoms with Crippen LogP contribution in [-0.4, -0.2) is 36.7 Å². The number of hydrogen-bond acceptors (Lipinski definition) is 5. The summed E-state index contributed by atoms with van der Waals surface area (Å²) in [5.74, 6) is -1.73. The average Bonchev–Trinajstić information content (AvgIpc) is 2.70. The Morgan fingerprint density at radius 2 is 1.43 bits per heavy atom. The highest BCUT2D eigenvalue weighted by Gasteiger charge is 2.15. The lowest BCUT2D eigenvalue weighted by molar-refractivity contribution is -0.146. The van der Waals surface area contributed by atoms with E-state index in [1.54, 1.807) is 36.4 Å². The van der Waals surface area contributed by atoms with Crippen molar-refractivity contribution < 1.29 is 23.9 Å². The van der Waals surface area contributed by atoms with Gasteiger partial charge in [0.15, 0.2) is 12.4 Å². The molecule has 2 amide bonds. The lowest BCUT2D eigenvalue weighted by Crippen LogP contribution is -2.32. The van der Waals surface area contributed by atoms with Gasteiger partial charge < -0.3 is 15.4 Å². The summed E-state index contributed by atoms with van der Waals surface area (Å²) in [6.07, 6.45) is 0. The van der Waals surface area contributed by atoms with Crippen LogP contribution in [0.2, 0.25) is 0 Å². The van der Waals surface area contributed by atoms with Crippen LogP contribution >= 0.6 is 0 Å². The molecule has 2 rings (SSSR count). The molecule has 0 fully saturated rings. The van der Waals surface area contributed by atoms with Crippen LogP contribution in [0.1, 0.15) is 54.0 Å². The van der Waals surface area contributed by atoms with Gasteiger partial charge in [-0.3, -0.25) is 19.2 Å². The minimum absolute atomic E-state index is 0.0190. The molecular formula is C23H26N2O5. The molecule has 0 saturated heterocycles. The molecule has 0 aliphatic rings. The molecule has 0 aliphatic heterocycles. The van der Waals surface area contributed by atoms with Gasteiger partial charge in [0.05, 0.1) is 0 Å². The molecule has 7 nitrogen and oxygen atoms in total. The predicted octanol–water partition coefficient (Wildman–Crippen LogP) is 3.10. The first-order valence-electron chi connectivity index (χ1n) is 9.51. The Bertz CT molecular complexity index is 926. The van der Waals surface area contributed by atoms with E-state index in [0.29, 0.717) is 16.8 Å². The number of Topliss-reactive ketones (excluding diaryl/α,β-unsaturated/α-hetero) is 1. The number of benzene rings is 2. The van der Waals surface area contributed by atoms with E-state index in [-0.39, 0.29) is 17.7 Å². The van der Waals surface area contributed by atoms with Crippen LogP contribution in [0.15, 0.2) is 48.5 Å². The smallest absolute Gasteiger partial charge is 0.325 e. The van der Waals surface area contributed by atoms with Crippen molar-refractivity contribution >= 4 is 29.3 Å². The van der Waals surface area contributed by atoms with E-state index in [1.165, 1.54) is 6.92 Å². The van der Waals surface area contributed by atoms with Crippen LogP contribution in [0.5, 0.6) is 0 Å². The third kappa shape index (κ3) is 6.84. The van der Waals surface area contributed by atoms with Crippen LogP contribution in [0.4, 0.5) is 5.69 Å². The Morgan fingerprint density at radius 1 is 0.867 bits per heavy atom. The molecule has 0 radical (unpaired) electrons. The summed E-state index contributed by atoms with van der Waals surface area (Å²) < 4.78 is 4.87. The number of anilines is 1. The van der Waals surface area contributed by atoms with E-state index in [9.17, 15) is 19.2 Å². The Kier molecular flexibility index (Phi) is 7.47. The maximum atomic E-state index is 12.1. The molecule has 7 heteroatoms. The van der Waals surface area contributed by atoms with Gasteiger partial charge in [0, 0.05) is 16.8 Å². The number of nitrogens with one attached hydrogen (secondary N) is 2. The van der Waals surface area contributed by atoms with Crippen molar-refractivity contribution in [1.29, 1.82) is 0 Å². The molecule has 0 atom stereocenters. The summed E-state index contributed by atoms with van der Waals surface area (Å²) in [7, 11) is 0. The second-order valence-corrected chi connectivity index (χ2v) is 7.85. The fourth-order valence-corrected chi connectivity index (χ4v) is 2.56. The molecule has 0 aliphatic carbocycles. The highest BCUT2D eigenvalue weighted by Crippen LogP contribution is 2.22. The second kappa shape index (κ2) is 9.82. The van der Waals surface area contributed by atoms with Gasteiger partial charge in [-0.2, -0.15) is 0 Å². The van der Waals surface area contributed by atoms with Gasteiger partial charge in [0.1, 0.15) is 6.54 Å². The summed E-state index contributed by atoms with van der Waals surface area (Å²) >= 11 is 0. The van der Waals surface area contributed by atoms with Crippen LogP contribution in [0.25, 0.3) is 0 Å². The largest absolute Gasteiger partial charge is 0.454 e. The number of ether oxygens (including phenoxy) is 1. The third-order valence-electron chi connectivity index (χ3n) is 4.35. The van der Waals surface area contributed by atoms with Crippen molar-refractivity contribution in [3.05, 3.63) is 65.2 Å². The van der Waals surface area contributed by atoms with Gasteiger partial charge in [-0.15, -0.1) is 0 Å². The van der Waals surface area contributed by atoms with Crippen molar-refractivity contribution in [1.82, 2.24) is 5.32 Å². The molecule has 2 N–H and O–H groups in total. The van der Waals surface area contributed by atoms with Gasteiger partial charge in [-0.05, 0) is 54.3 Å². The fraction of sp³-hybridized carbons (Fsp3) is 0.304. The number of rotatable bonds is 7. The quantitative estimate of drug-likeness (QED) is 0.539. The fourth-order valence-electron chi connectivity index (χ4n) is 2.56. The standard InChI is InChI=1S/C23H26N2O5/c1-15(26)16-7-11-19(12-8-16)25-20(27)14-30-21(28)13-24-22(29)17-5-9-18(10-6-17)23(2,3)4/h5-12H,13-14H2,1-4H3,(H,24,29)(H,25,27). The molecule has 0 bridgehead atoms. The van der Waals surface area contributed by atoms with Crippen LogP contribution < -0.4 is 10.6 Å². The molecule has 30 heavy (non-hydrogen) atoms. The van der Waals surface area contributed by atoms with E-state index in [1.807, 2.05) is 12.1 Å². The number of ketones is 1. The van der Waals surface area contributed by atoms with E-state index in [2.05, 4.69) is 31.4 Å². The maximum absolute atomic E-state index is 12.1. The normalized spacial score (nSPS) is 10.8. The Morgan fingerprint density at radius 3 is 1.97 bits per heavy atom. The summed E-state index contributed by atoms with van der Waals surface area (Å²) in [5, 5.41) is 5.03. The molecule has 0 unspecified atom stereocenters. The summed E-state index contributed by atoms with van der Waals surface area (Å²) in [5.41, 5.74) is 2.52. The molecule has 0 spiro atoms. The Labute approximate surface area is 175 Å². The van der Waals surface area contributed by atoms with Crippen molar-refractivity contribution in [2.75, 3.05) is 18.5 Å². The molecule has 0 saturated carbocycles. The number of carbonyl (C=O) groups is 4. The summed E-state index contributed by atoms with van der Waals surface area (Å²) in [6.45, 7) is 6.86. The number of esters is 1. The molecular weight excluding hydrogens is 384 g/mol. The zero-order valence-electron chi connectivity index (χ0n) is 17.6. The minimum Gasteiger partial charge on any atom is -0.454 e. The number of carbonyl (C=O) groups excluding carboxylic acids is 4. The van der Waals surface area contributed by atoms with Gasteiger partial charge in [0.25, 0.3) is 11.8 Å². The minimum atomic E-state index is -0.725. The third-order valence-corrected chi connectivity index (χ3v) is 4.35. The van der Waals surface area contributed by atoms with Gasteiger partial charge in [-0.1, -0.05) is 32.9 Å². The van der Waals surface area contributed by atoms with E-state index in [0.717, 1.165) is 5.56 Å². The van der Waals surface area contributed by atoms with Crippen molar-refractivity contribution in [3.8, 4) is 0 Å².